The first kappa shape index (κ1) is 37.1. The van der Waals surface area contributed by atoms with E-state index in [1.54, 1.807) is 0 Å². The number of carboxylic acid groups (broad SMARTS) is 3. The van der Waals surface area contributed by atoms with Gasteiger partial charge in [0.05, 0.1) is 24.3 Å². The number of fused-ring (bicyclic) bond motifs is 1. The fourth-order valence-corrected chi connectivity index (χ4v) is 3.58. The number of aryl methyl sites for hydroxylation is 1. The van der Waals surface area contributed by atoms with E-state index < -0.39 is 36.4 Å². The van der Waals surface area contributed by atoms with E-state index in [-0.39, 0.29) is 0 Å². The van der Waals surface area contributed by atoms with Crippen LogP contribution in [0.5, 0.6) is 0 Å². The first-order valence-electron chi connectivity index (χ1n) is 12.0. The third kappa shape index (κ3) is 13.8. The second kappa shape index (κ2) is 16.1. The van der Waals surface area contributed by atoms with Crippen molar-refractivity contribution in [3.8, 4) is 0 Å². The number of rotatable bonds is 3. The lowest BCUT2D eigenvalue weighted by Gasteiger charge is -2.33. The summed E-state index contributed by atoms with van der Waals surface area (Å²) in [6, 6.07) is 2.62. The van der Waals surface area contributed by atoms with Crippen molar-refractivity contribution in [1.82, 2.24) is 24.2 Å². The number of nitrogens with zero attached hydrogens (tertiary/aromatic N) is 5. The standard InChI is InChI=1S/C16H23N5O.3C2HF3O2/c1-5-18-21(8-1)11-15-16-12-19(14-3-9-22-10-4-14)6-2-7-20(16)13-17-15;3*3-2(4,5)1(6)7/h1,5,8,13-14H,2-4,6-7,9-12H2;3*(H,6,7). The zero-order chi connectivity index (χ0) is 33.0. The smallest absolute Gasteiger partial charge is 0.475 e. The molecule has 0 unspecified atom stereocenters. The number of carbonyl (C=O) groups is 3. The van der Waals surface area contributed by atoms with Crippen molar-refractivity contribution >= 4 is 17.9 Å². The summed E-state index contributed by atoms with van der Waals surface area (Å²) < 4.78 is 105. The lowest BCUT2D eigenvalue weighted by atomic mass is 10.1. The van der Waals surface area contributed by atoms with E-state index in [0.717, 1.165) is 51.4 Å². The van der Waals surface area contributed by atoms with E-state index >= 15 is 0 Å². The maximum absolute atomic E-state index is 10.6. The van der Waals surface area contributed by atoms with Gasteiger partial charge in [0, 0.05) is 51.3 Å². The molecule has 4 heterocycles. The normalized spacial score (nSPS) is 16.1. The van der Waals surface area contributed by atoms with Gasteiger partial charge >= 0.3 is 36.4 Å². The fourth-order valence-electron chi connectivity index (χ4n) is 3.58. The molecule has 1 fully saturated rings. The van der Waals surface area contributed by atoms with Crippen LogP contribution in [0.1, 0.15) is 30.7 Å². The minimum Gasteiger partial charge on any atom is -0.475 e. The predicted molar refractivity (Wildman–Crippen MR) is 123 cm³/mol. The first-order chi connectivity index (χ1) is 19.7. The third-order valence-corrected chi connectivity index (χ3v) is 5.54. The van der Waals surface area contributed by atoms with Crippen molar-refractivity contribution < 1.29 is 74.0 Å². The fraction of sp³-hybridized carbons (Fsp3) is 0.591. The molecule has 0 aliphatic carbocycles. The van der Waals surface area contributed by atoms with E-state index in [2.05, 4.69) is 19.5 Å². The average Bonchev–Trinajstić information content (AvgIpc) is 3.48. The first-order valence-corrected chi connectivity index (χ1v) is 12.0. The minimum atomic E-state index is -5.08. The van der Waals surface area contributed by atoms with Gasteiger partial charge in [0.25, 0.3) is 0 Å². The number of ether oxygens (including phenoxy) is 1. The summed E-state index contributed by atoms with van der Waals surface area (Å²) in [5.74, 6) is -8.27. The summed E-state index contributed by atoms with van der Waals surface area (Å²) >= 11 is 0. The monoisotopic (exact) mass is 643 g/mol. The highest BCUT2D eigenvalue weighted by atomic mass is 19.4. The zero-order valence-corrected chi connectivity index (χ0v) is 21.9. The molecule has 2 aromatic heterocycles. The molecular weight excluding hydrogens is 617 g/mol. The Morgan fingerprint density at radius 3 is 1.77 bits per heavy atom. The Hall–Kier alpha value is -3.88. The van der Waals surface area contributed by atoms with Gasteiger partial charge in [-0.1, -0.05) is 0 Å². The number of hydrogen-bond acceptors (Lipinski definition) is 7. The molecule has 1 saturated heterocycles. The minimum absolute atomic E-state index is 0.660. The van der Waals surface area contributed by atoms with Crippen molar-refractivity contribution in [2.24, 2.45) is 0 Å². The van der Waals surface area contributed by atoms with Gasteiger partial charge in [0.15, 0.2) is 0 Å². The van der Waals surface area contributed by atoms with Crippen LogP contribution in [0.2, 0.25) is 0 Å². The van der Waals surface area contributed by atoms with Crippen molar-refractivity contribution in [2.45, 2.75) is 63.5 Å². The number of carboxylic acids is 3. The van der Waals surface area contributed by atoms with Crippen LogP contribution in [0.15, 0.2) is 24.8 Å². The van der Waals surface area contributed by atoms with Gasteiger partial charge in [-0.2, -0.15) is 44.6 Å². The number of aliphatic carboxylic acids is 3. The molecule has 0 radical (unpaired) electrons. The Labute approximate surface area is 236 Å². The molecule has 0 saturated carbocycles. The summed E-state index contributed by atoms with van der Waals surface area (Å²) in [6.07, 6.45) is -5.92. The molecule has 0 atom stereocenters. The van der Waals surface area contributed by atoms with E-state index in [4.69, 9.17) is 34.4 Å². The Balaban J connectivity index is 0.000000363. The van der Waals surface area contributed by atoms with Gasteiger partial charge in [-0.3, -0.25) is 9.58 Å². The summed E-state index contributed by atoms with van der Waals surface area (Å²) in [5.41, 5.74) is 2.52. The van der Waals surface area contributed by atoms with Gasteiger partial charge < -0.3 is 24.6 Å². The number of imidazole rings is 1. The van der Waals surface area contributed by atoms with Gasteiger partial charge in [-0.25, -0.2) is 19.4 Å². The maximum atomic E-state index is 10.6. The highest BCUT2D eigenvalue weighted by molar-refractivity contribution is 5.73. The molecule has 244 valence electrons. The Kier molecular flexibility index (Phi) is 13.9. The molecule has 21 heteroatoms. The highest BCUT2D eigenvalue weighted by Gasteiger charge is 2.39. The topological polar surface area (TPSA) is 160 Å². The summed E-state index contributed by atoms with van der Waals surface area (Å²) in [4.78, 5) is 34.0. The molecule has 0 spiro atoms. The van der Waals surface area contributed by atoms with Crippen molar-refractivity contribution in [3.63, 3.8) is 0 Å². The van der Waals surface area contributed by atoms with Gasteiger partial charge in [-0.05, 0) is 25.3 Å². The lowest BCUT2D eigenvalue weighted by Crippen LogP contribution is -2.39. The molecule has 4 rings (SSSR count). The Bertz CT molecular complexity index is 1100. The molecular formula is C22H26F9N5O7. The number of aromatic nitrogens is 4. The quantitative estimate of drug-likeness (QED) is 0.423. The SMILES string of the molecule is O=C(O)C(F)(F)F.O=C(O)C(F)(F)F.O=C(O)C(F)(F)F.c1cnn(Cc2ncn3c2CN(C2CCOCC2)CCC3)c1. The van der Waals surface area contributed by atoms with Crippen molar-refractivity contribution in [2.75, 3.05) is 19.8 Å². The van der Waals surface area contributed by atoms with Gasteiger partial charge in [0.1, 0.15) is 0 Å². The van der Waals surface area contributed by atoms with Crippen molar-refractivity contribution in [1.29, 1.82) is 0 Å². The second-order valence-corrected chi connectivity index (χ2v) is 8.61. The molecule has 0 bridgehead atoms. The van der Waals surface area contributed by atoms with Crippen LogP contribution in [0, 0.1) is 0 Å². The highest BCUT2D eigenvalue weighted by Crippen LogP contribution is 2.23. The van der Waals surface area contributed by atoms with Gasteiger partial charge in [-0.15, -0.1) is 0 Å². The van der Waals surface area contributed by atoms with E-state index in [1.165, 1.54) is 18.7 Å². The van der Waals surface area contributed by atoms with Crippen LogP contribution in [-0.4, -0.2) is 102 Å². The number of halogens is 9. The van der Waals surface area contributed by atoms with Crippen LogP contribution in [-0.2, 0) is 38.8 Å². The predicted octanol–water partition coefficient (Wildman–Crippen LogP) is 3.41. The molecule has 0 amide bonds. The van der Waals surface area contributed by atoms with Crippen LogP contribution in [0.3, 0.4) is 0 Å². The van der Waals surface area contributed by atoms with Crippen LogP contribution in [0.25, 0.3) is 0 Å². The molecule has 12 nitrogen and oxygen atoms in total. The molecule has 2 aromatic rings. The van der Waals surface area contributed by atoms with Gasteiger partial charge in [0.2, 0.25) is 0 Å². The lowest BCUT2D eigenvalue weighted by molar-refractivity contribution is -0.193. The van der Waals surface area contributed by atoms with Crippen LogP contribution >= 0.6 is 0 Å². The summed E-state index contributed by atoms with van der Waals surface area (Å²) in [5, 5.41) is 25.7. The largest absolute Gasteiger partial charge is 0.490 e. The number of hydrogen-bond donors (Lipinski definition) is 3. The summed E-state index contributed by atoms with van der Waals surface area (Å²) in [7, 11) is 0. The third-order valence-electron chi connectivity index (χ3n) is 5.54. The van der Waals surface area contributed by atoms with E-state index in [0.29, 0.717) is 6.04 Å². The second-order valence-electron chi connectivity index (χ2n) is 8.61. The van der Waals surface area contributed by atoms with E-state index in [1.807, 2.05) is 29.5 Å². The van der Waals surface area contributed by atoms with Crippen LogP contribution in [0.4, 0.5) is 39.5 Å². The maximum Gasteiger partial charge on any atom is 0.490 e. The Morgan fingerprint density at radius 2 is 1.35 bits per heavy atom. The molecule has 0 aromatic carbocycles. The van der Waals surface area contributed by atoms with Crippen LogP contribution < -0.4 is 0 Å². The van der Waals surface area contributed by atoms with E-state index in [9.17, 15) is 39.5 Å². The number of alkyl halides is 9. The molecule has 2 aliphatic rings. The average molecular weight is 643 g/mol. The molecule has 2 aliphatic heterocycles. The summed E-state index contributed by atoms with van der Waals surface area (Å²) in [6.45, 7) is 5.81. The zero-order valence-electron chi connectivity index (χ0n) is 21.9. The molecule has 3 N–H and O–H groups in total. The molecule has 43 heavy (non-hydrogen) atoms. The Morgan fingerprint density at radius 1 is 0.860 bits per heavy atom. The van der Waals surface area contributed by atoms with Crippen molar-refractivity contribution in [3.05, 3.63) is 36.2 Å².